The van der Waals surface area contributed by atoms with Crippen LogP contribution in [0.2, 0.25) is 0 Å². The van der Waals surface area contributed by atoms with Crippen molar-refractivity contribution in [2.75, 3.05) is 26.9 Å². The quantitative estimate of drug-likeness (QED) is 0.604. The average molecular weight is 368 g/mol. The van der Waals surface area contributed by atoms with Gasteiger partial charge in [-0.25, -0.2) is 13.1 Å². The molecular weight excluding hydrogens is 348 g/mol. The summed E-state index contributed by atoms with van der Waals surface area (Å²) in [5, 5.41) is 2.64. The summed E-state index contributed by atoms with van der Waals surface area (Å²) in [6.45, 7) is 0.568. The van der Waals surface area contributed by atoms with Gasteiger partial charge in [0.25, 0.3) is 5.91 Å². The lowest BCUT2D eigenvalue weighted by Crippen LogP contribution is -2.28. The molecule has 1 aromatic heterocycles. The van der Waals surface area contributed by atoms with E-state index >= 15 is 0 Å². The monoisotopic (exact) mass is 368 g/mol. The van der Waals surface area contributed by atoms with Crippen molar-refractivity contribution in [2.45, 2.75) is 11.4 Å². The molecule has 0 saturated carbocycles. The number of nitrogens with one attached hydrogen (secondary N) is 2. The Bertz CT molecular complexity index is 756. The molecule has 9 heteroatoms. The SMILES string of the molecule is COCCNS(=O)(=O)c1ccc(OCC(=O)NCc2ccco2)cc1. The van der Waals surface area contributed by atoms with Gasteiger partial charge in [-0.15, -0.1) is 0 Å². The standard InChI is InChI=1S/C16H20N2O6S/c1-22-10-8-18-25(20,21)15-6-4-13(5-7-15)24-12-16(19)17-11-14-3-2-9-23-14/h2-7,9,18H,8,10-12H2,1H3,(H,17,19). The Balaban J connectivity index is 1.80. The van der Waals surface area contributed by atoms with E-state index in [0.29, 0.717) is 11.5 Å². The number of carbonyl (C=O) groups is 1. The number of furan rings is 1. The van der Waals surface area contributed by atoms with Gasteiger partial charge in [-0.2, -0.15) is 0 Å². The van der Waals surface area contributed by atoms with Crippen LogP contribution in [-0.2, 0) is 26.1 Å². The van der Waals surface area contributed by atoms with Gasteiger partial charge in [0.2, 0.25) is 10.0 Å². The molecule has 0 aliphatic rings. The van der Waals surface area contributed by atoms with Crippen molar-refractivity contribution in [1.29, 1.82) is 0 Å². The molecular formula is C16H20N2O6S. The fourth-order valence-electron chi connectivity index (χ4n) is 1.88. The normalized spacial score (nSPS) is 11.2. The molecule has 2 N–H and O–H groups in total. The van der Waals surface area contributed by atoms with Crippen LogP contribution in [0.15, 0.2) is 52.0 Å². The predicted octanol–water partition coefficient (Wildman–Crippen LogP) is 0.899. The van der Waals surface area contributed by atoms with Crippen molar-refractivity contribution in [3.05, 3.63) is 48.4 Å². The fourth-order valence-corrected chi connectivity index (χ4v) is 2.89. The van der Waals surface area contributed by atoms with E-state index in [1.807, 2.05) is 0 Å². The van der Waals surface area contributed by atoms with Crippen molar-refractivity contribution < 1.29 is 27.1 Å². The van der Waals surface area contributed by atoms with Gasteiger partial charge in [0.15, 0.2) is 6.61 Å². The van der Waals surface area contributed by atoms with Crippen LogP contribution >= 0.6 is 0 Å². The van der Waals surface area contributed by atoms with Crippen molar-refractivity contribution in [3.8, 4) is 5.75 Å². The van der Waals surface area contributed by atoms with Gasteiger partial charge in [0.1, 0.15) is 11.5 Å². The Morgan fingerprint density at radius 1 is 1.20 bits per heavy atom. The minimum Gasteiger partial charge on any atom is -0.484 e. The number of hydrogen-bond donors (Lipinski definition) is 2. The van der Waals surface area contributed by atoms with E-state index in [-0.39, 0.29) is 37.1 Å². The van der Waals surface area contributed by atoms with Crippen LogP contribution < -0.4 is 14.8 Å². The maximum absolute atomic E-state index is 12.0. The van der Waals surface area contributed by atoms with Crippen molar-refractivity contribution in [2.24, 2.45) is 0 Å². The van der Waals surface area contributed by atoms with Gasteiger partial charge in [-0.3, -0.25) is 4.79 Å². The first-order valence-electron chi connectivity index (χ1n) is 7.52. The zero-order valence-electron chi connectivity index (χ0n) is 13.7. The summed E-state index contributed by atoms with van der Waals surface area (Å²) in [7, 11) is -2.10. The average Bonchev–Trinajstić information content (AvgIpc) is 3.12. The summed E-state index contributed by atoms with van der Waals surface area (Å²) in [5.41, 5.74) is 0. The number of benzene rings is 1. The molecule has 0 fully saturated rings. The highest BCUT2D eigenvalue weighted by atomic mass is 32.2. The maximum Gasteiger partial charge on any atom is 0.258 e. The third kappa shape index (κ3) is 6.22. The molecule has 0 radical (unpaired) electrons. The molecule has 0 bridgehead atoms. The first-order chi connectivity index (χ1) is 12.0. The molecule has 0 atom stereocenters. The summed E-state index contributed by atoms with van der Waals surface area (Å²) in [6.07, 6.45) is 1.53. The van der Waals surface area contributed by atoms with Gasteiger partial charge in [0.05, 0.1) is 24.3 Å². The second-order valence-corrected chi connectivity index (χ2v) is 6.77. The van der Waals surface area contributed by atoms with Crippen LogP contribution in [0, 0.1) is 0 Å². The predicted molar refractivity (Wildman–Crippen MR) is 89.6 cm³/mol. The summed E-state index contributed by atoms with van der Waals surface area (Å²) < 4.78 is 41.6. The third-order valence-electron chi connectivity index (χ3n) is 3.14. The number of methoxy groups -OCH3 is 1. The topological polar surface area (TPSA) is 107 Å². The minimum atomic E-state index is -3.59. The Morgan fingerprint density at radius 3 is 2.60 bits per heavy atom. The summed E-state index contributed by atoms with van der Waals surface area (Å²) in [4.78, 5) is 11.8. The first kappa shape index (κ1) is 19.0. The molecule has 0 aliphatic carbocycles. The highest BCUT2D eigenvalue weighted by molar-refractivity contribution is 7.89. The lowest BCUT2D eigenvalue weighted by Gasteiger charge is -2.09. The fraction of sp³-hybridized carbons (Fsp3) is 0.312. The van der Waals surface area contributed by atoms with E-state index in [2.05, 4.69) is 10.0 Å². The van der Waals surface area contributed by atoms with Gasteiger partial charge in [0, 0.05) is 13.7 Å². The van der Waals surface area contributed by atoms with Crippen molar-refractivity contribution >= 4 is 15.9 Å². The molecule has 8 nitrogen and oxygen atoms in total. The third-order valence-corrected chi connectivity index (χ3v) is 4.62. The van der Waals surface area contributed by atoms with E-state index in [4.69, 9.17) is 13.9 Å². The number of hydrogen-bond acceptors (Lipinski definition) is 6. The van der Waals surface area contributed by atoms with Crippen LogP contribution in [-0.4, -0.2) is 41.2 Å². The number of amides is 1. The lowest BCUT2D eigenvalue weighted by molar-refractivity contribution is -0.123. The van der Waals surface area contributed by atoms with Crippen LogP contribution in [0.25, 0.3) is 0 Å². The number of ether oxygens (including phenoxy) is 2. The molecule has 2 aromatic rings. The largest absolute Gasteiger partial charge is 0.484 e. The van der Waals surface area contributed by atoms with E-state index in [1.54, 1.807) is 12.1 Å². The second-order valence-electron chi connectivity index (χ2n) is 5.01. The highest BCUT2D eigenvalue weighted by Crippen LogP contribution is 2.15. The van der Waals surface area contributed by atoms with Gasteiger partial charge in [-0.1, -0.05) is 0 Å². The Morgan fingerprint density at radius 2 is 1.96 bits per heavy atom. The number of carbonyl (C=O) groups excluding carboxylic acids is 1. The van der Waals surface area contributed by atoms with Crippen LogP contribution in [0.3, 0.4) is 0 Å². The molecule has 0 unspecified atom stereocenters. The smallest absolute Gasteiger partial charge is 0.258 e. The van der Waals surface area contributed by atoms with Crippen LogP contribution in [0.1, 0.15) is 5.76 Å². The molecule has 0 spiro atoms. The Hall–Kier alpha value is -2.36. The summed E-state index contributed by atoms with van der Waals surface area (Å²) in [6, 6.07) is 9.28. The van der Waals surface area contributed by atoms with Crippen molar-refractivity contribution in [1.82, 2.24) is 10.0 Å². The highest BCUT2D eigenvalue weighted by Gasteiger charge is 2.13. The van der Waals surface area contributed by atoms with E-state index in [1.165, 1.54) is 37.6 Å². The molecule has 25 heavy (non-hydrogen) atoms. The zero-order valence-corrected chi connectivity index (χ0v) is 14.5. The van der Waals surface area contributed by atoms with E-state index in [9.17, 15) is 13.2 Å². The second kappa shape index (κ2) is 9.21. The Kier molecular flexibility index (Phi) is 6.99. The van der Waals surface area contributed by atoms with Gasteiger partial charge < -0.3 is 19.2 Å². The molecule has 1 amide bonds. The minimum absolute atomic E-state index is 0.109. The van der Waals surface area contributed by atoms with E-state index < -0.39 is 10.0 Å². The van der Waals surface area contributed by atoms with Crippen LogP contribution in [0.5, 0.6) is 5.75 Å². The molecule has 2 rings (SSSR count). The summed E-state index contributed by atoms with van der Waals surface area (Å²) >= 11 is 0. The number of sulfonamides is 1. The van der Waals surface area contributed by atoms with Gasteiger partial charge >= 0.3 is 0 Å². The molecule has 0 aliphatic heterocycles. The molecule has 136 valence electrons. The Labute approximate surface area is 146 Å². The van der Waals surface area contributed by atoms with Crippen molar-refractivity contribution in [3.63, 3.8) is 0 Å². The molecule has 1 aromatic carbocycles. The van der Waals surface area contributed by atoms with E-state index in [0.717, 1.165) is 0 Å². The van der Waals surface area contributed by atoms with Crippen LogP contribution in [0.4, 0.5) is 0 Å². The zero-order chi connectivity index (χ0) is 18.1. The van der Waals surface area contributed by atoms with Gasteiger partial charge in [-0.05, 0) is 36.4 Å². The maximum atomic E-state index is 12.0. The first-order valence-corrected chi connectivity index (χ1v) is 9.00. The summed E-state index contributed by atoms with van der Waals surface area (Å²) in [5.74, 6) is 0.724. The molecule has 0 saturated heterocycles. The molecule has 1 heterocycles. The lowest BCUT2D eigenvalue weighted by atomic mass is 10.3. The number of rotatable bonds is 10.